The molecule has 2 N–H and O–H groups in total. The normalized spacial score (nSPS) is 11.7. The van der Waals surface area contributed by atoms with Crippen LogP contribution in [0.25, 0.3) is 0 Å². The van der Waals surface area contributed by atoms with Gasteiger partial charge in [-0.1, -0.05) is 23.4 Å². The van der Waals surface area contributed by atoms with Crippen molar-refractivity contribution in [2.75, 3.05) is 13.6 Å². The number of nitrogens with zero attached hydrogens (tertiary/aromatic N) is 2. The summed E-state index contributed by atoms with van der Waals surface area (Å²) in [6.45, 7) is 11.6. The summed E-state index contributed by atoms with van der Waals surface area (Å²) in [5.41, 5.74) is 3.05. The lowest BCUT2D eigenvalue weighted by atomic mass is 10.1. The molecule has 1 aromatic carbocycles. The van der Waals surface area contributed by atoms with Gasteiger partial charge in [0.05, 0.1) is 5.69 Å². The average molecular weight is 500 g/mol. The molecule has 2 aromatic rings. The monoisotopic (exact) mass is 500 g/mol. The Balaban J connectivity index is 0.00000392. The van der Waals surface area contributed by atoms with E-state index in [1.54, 1.807) is 7.05 Å². The van der Waals surface area contributed by atoms with Gasteiger partial charge in [0.25, 0.3) is 0 Å². The van der Waals surface area contributed by atoms with Crippen molar-refractivity contribution >= 4 is 29.9 Å². The number of hydrogen-bond acceptors (Lipinski definition) is 4. The molecule has 0 aliphatic carbocycles. The number of aliphatic imine (C=N–C) groups is 1. The van der Waals surface area contributed by atoms with Crippen molar-refractivity contribution in [1.29, 1.82) is 0 Å². The first kappa shape index (κ1) is 24.3. The van der Waals surface area contributed by atoms with Crippen molar-refractivity contribution in [2.24, 2.45) is 4.99 Å². The lowest BCUT2D eigenvalue weighted by Crippen LogP contribution is -2.37. The fourth-order valence-corrected chi connectivity index (χ4v) is 2.81. The van der Waals surface area contributed by atoms with Crippen molar-refractivity contribution in [1.82, 2.24) is 15.8 Å². The predicted molar refractivity (Wildman–Crippen MR) is 125 cm³/mol. The lowest BCUT2D eigenvalue weighted by molar-refractivity contribution is 0.129. The second-order valence-electron chi connectivity index (χ2n) is 7.58. The van der Waals surface area contributed by atoms with Crippen LogP contribution in [0.3, 0.4) is 0 Å². The van der Waals surface area contributed by atoms with Crippen LogP contribution in [-0.2, 0) is 13.0 Å². The Kier molecular flexibility index (Phi) is 9.78. The lowest BCUT2D eigenvalue weighted by Gasteiger charge is -2.23. The number of halogens is 1. The van der Waals surface area contributed by atoms with Gasteiger partial charge >= 0.3 is 0 Å². The molecule has 2 rings (SSSR count). The molecule has 0 aliphatic rings. The minimum atomic E-state index is -0.228. The van der Waals surface area contributed by atoms with Gasteiger partial charge in [-0.05, 0) is 53.5 Å². The largest absolute Gasteiger partial charge is 0.488 e. The molecule has 7 heteroatoms. The number of hydrogen-bond donors (Lipinski definition) is 2. The zero-order valence-electron chi connectivity index (χ0n) is 17.8. The Morgan fingerprint density at radius 1 is 1.18 bits per heavy atom. The Labute approximate surface area is 185 Å². The van der Waals surface area contributed by atoms with Crippen molar-refractivity contribution < 1.29 is 9.26 Å². The molecule has 6 nitrogen and oxygen atoms in total. The highest BCUT2D eigenvalue weighted by atomic mass is 127. The van der Waals surface area contributed by atoms with Crippen LogP contribution in [0.4, 0.5) is 0 Å². The molecule has 0 amide bonds. The van der Waals surface area contributed by atoms with Crippen LogP contribution in [0, 0.1) is 13.8 Å². The van der Waals surface area contributed by atoms with Crippen LogP contribution in [-0.4, -0.2) is 30.3 Å². The van der Waals surface area contributed by atoms with Crippen LogP contribution < -0.4 is 15.4 Å². The van der Waals surface area contributed by atoms with E-state index in [1.807, 2.05) is 32.0 Å². The number of guanidine groups is 1. The maximum absolute atomic E-state index is 6.05. The van der Waals surface area contributed by atoms with E-state index in [0.717, 1.165) is 48.1 Å². The van der Waals surface area contributed by atoms with E-state index in [-0.39, 0.29) is 29.6 Å². The molecule has 1 aromatic heterocycles. The summed E-state index contributed by atoms with van der Waals surface area (Å²) < 4.78 is 11.3. The number of aromatic nitrogens is 1. The minimum Gasteiger partial charge on any atom is -0.488 e. The Bertz CT molecular complexity index is 747. The zero-order valence-corrected chi connectivity index (χ0v) is 20.1. The highest BCUT2D eigenvalue weighted by Gasteiger charge is 2.14. The van der Waals surface area contributed by atoms with E-state index in [1.165, 1.54) is 5.56 Å². The first-order chi connectivity index (χ1) is 12.8. The summed E-state index contributed by atoms with van der Waals surface area (Å²) >= 11 is 0. The van der Waals surface area contributed by atoms with Gasteiger partial charge in [0.1, 0.15) is 17.1 Å². The first-order valence-corrected chi connectivity index (χ1v) is 9.43. The van der Waals surface area contributed by atoms with E-state index >= 15 is 0 Å². The summed E-state index contributed by atoms with van der Waals surface area (Å²) in [4.78, 5) is 4.30. The van der Waals surface area contributed by atoms with Gasteiger partial charge in [0.15, 0.2) is 5.96 Å². The van der Waals surface area contributed by atoms with Crippen LogP contribution in [0.2, 0.25) is 0 Å². The first-order valence-electron chi connectivity index (χ1n) is 9.43. The molecule has 0 aliphatic heterocycles. The van der Waals surface area contributed by atoms with E-state index < -0.39 is 0 Å². The third kappa shape index (κ3) is 7.69. The van der Waals surface area contributed by atoms with Crippen LogP contribution in [0.5, 0.6) is 5.75 Å². The molecule has 28 heavy (non-hydrogen) atoms. The van der Waals surface area contributed by atoms with E-state index in [4.69, 9.17) is 9.26 Å². The molecule has 0 atom stereocenters. The number of aryl methyl sites for hydroxylation is 2. The van der Waals surface area contributed by atoms with Crippen molar-refractivity contribution in [2.45, 2.75) is 59.6 Å². The zero-order chi connectivity index (χ0) is 19.9. The van der Waals surface area contributed by atoms with Crippen molar-refractivity contribution in [3.05, 3.63) is 46.8 Å². The topological polar surface area (TPSA) is 71.7 Å². The molecule has 0 unspecified atom stereocenters. The number of para-hydroxylation sites is 1. The van der Waals surface area contributed by atoms with Gasteiger partial charge in [-0.15, -0.1) is 24.0 Å². The number of rotatable bonds is 7. The Hall–Kier alpha value is -1.77. The molecule has 0 spiro atoms. The molecule has 0 radical (unpaired) electrons. The van der Waals surface area contributed by atoms with Gasteiger partial charge in [0.2, 0.25) is 0 Å². The maximum atomic E-state index is 6.05. The second-order valence-corrected chi connectivity index (χ2v) is 7.58. The highest BCUT2D eigenvalue weighted by molar-refractivity contribution is 14.0. The van der Waals surface area contributed by atoms with Crippen LogP contribution in [0.15, 0.2) is 33.8 Å². The van der Waals surface area contributed by atoms with Crippen LogP contribution >= 0.6 is 24.0 Å². The van der Waals surface area contributed by atoms with E-state index in [0.29, 0.717) is 6.54 Å². The number of ether oxygens (including phenoxy) is 1. The third-order valence-corrected chi connectivity index (χ3v) is 4.14. The summed E-state index contributed by atoms with van der Waals surface area (Å²) in [6.07, 6.45) is 1.92. The quantitative estimate of drug-likeness (QED) is 0.256. The molecular weight excluding hydrogens is 467 g/mol. The SMILES string of the molecule is CN=C(NCCCc1c(C)noc1C)NCc1ccccc1OC(C)(C)C.I. The fraction of sp³-hybridized carbons (Fsp3) is 0.524. The standard InChI is InChI=1S/C21H32N4O2.HI/c1-15-18(16(2)27-25-15)11-9-13-23-20(22-6)24-14-17-10-7-8-12-19(17)26-21(3,4)5;/h7-8,10,12H,9,11,13-14H2,1-6H3,(H2,22,23,24);1H. The second kappa shape index (κ2) is 11.3. The van der Waals surface area contributed by atoms with Gasteiger partial charge in [-0.2, -0.15) is 0 Å². The molecule has 0 saturated carbocycles. The Morgan fingerprint density at radius 2 is 1.89 bits per heavy atom. The molecule has 0 saturated heterocycles. The summed E-state index contributed by atoms with van der Waals surface area (Å²) in [6, 6.07) is 8.08. The summed E-state index contributed by atoms with van der Waals surface area (Å²) in [7, 11) is 1.78. The van der Waals surface area contributed by atoms with Gasteiger partial charge in [0, 0.05) is 31.3 Å². The molecule has 0 bridgehead atoms. The summed E-state index contributed by atoms with van der Waals surface area (Å²) in [5.74, 6) is 2.58. The fourth-order valence-electron chi connectivity index (χ4n) is 2.81. The van der Waals surface area contributed by atoms with Crippen LogP contribution in [0.1, 0.15) is 49.8 Å². The van der Waals surface area contributed by atoms with Crippen molar-refractivity contribution in [3.63, 3.8) is 0 Å². The van der Waals surface area contributed by atoms with Crippen molar-refractivity contribution in [3.8, 4) is 5.75 Å². The molecule has 156 valence electrons. The van der Waals surface area contributed by atoms with E-state index in [9.17, 15) is 0 Å². The van der Waals surface area contributed by atoms with E-state index in [2.05, 4.69) is 47.6 Å². The minimum absolute atomic E-state index is 0. The molecular formula is C21H33IN4O2. The number of benzene rings is 1. The number of nitrogens with one attached hydrogen (secondary N) is 2. The summed E-state index contributed by atoms with van der Waals surface area (Å²) in [5, 5.41) is 10.7. The highest BCUT2D eigenvalue weighted by Crippen LogP contribution is 2.22. The molecule has 0 fully saturated rings. The van der Waals surface area contributed by atoms with Gasteiger partial charge < -0.3 is 19.9 Å². The molecule has 1 heterocycles. The van der Waals surface area contributed by atoms with Gasteiger partial charge in [-0.3, -0.25) is 4.99 Å². The maximum Gasteiger partial charge on any atom is 0.191 e. The third-order valence-electron chi connectivity index (χ3n) is 4.14. The Morgan fingerprint density at radius 3 is 2.50 bits per heavy atom. The smallest absolute Gasteiger partial charge is 0.191 e. The predicted octanol–water partition coefficient (Wildman–Crippen LogP) is 4.38. The van der Waals surface area contributed by atoms with Gasteiger partial charge in [-0.25, -0.2) is 0 Å². The average Bonchev–Trinajstić information content (AvgIpc) is 2.92.